The molecule has 1 atom stereocenters. The molecule has 1 unspecified atom stereocenters. The second-order valence-corrected chi connectivity index (χ2v) is 7.07. The first-order chi connectivity index (χ1) is 8.04. The van der Waals surface area contributed by atoms with E-state index in [1.165, 1.54) is 18.2 Å². The lowest BCUT2D eigenvalue weighted by molar-refractivity contribution is 0.601. The average Bonchev–Trinajstić information content (AvgIpc) is 2.79. The molecule has 1 aliphatic heterocycles. The molecule has 1 fully saturated rings. The molecule has 1 N–H and O–H groups in total. The molecule has 1 aromatic rings. The Hall–Kier alpha value is -0.870. The maximum absolute atomic E-state index is 11.1. The van der Waals surface area contributed by atoms with E-state index in [0.717, 1.165) is 18.7 Å². The maximum Gasteiger partial charge on any atom is 0.147 e. The third-order valence-corrected chi connectivity index (χ3v) is 4.22. The summed E-state index contributed by atoms with van der Waals surface area (Å²) in [6, 6.07) is 8.38. The lowest BCUT2D eigenvalue weighted by Crippen LogP contribution is -2.08. The Morgan fingerprint density at radius 1 is 1.29 bits per heavy atom. The molecule has 0 aromatic heterocycles. The number of sulfone groups is 1. The fourth-order valence-electron chi connectivity index (χ4n) is 2.20. The Kier molecular flexibility index (Phi) is 3.84. The van der Waals surface area contributed by atoms with Gasteiger partial charge in [0.1, 0.15) is 9.84 Å². The first-order valence-corrected chi connectivity index (χ1v) is 8.08. The molecule has 0 radical (unpaired) electrons. The highest BCUT2D eigenvalue weighted by atomic mass is 32.2. The molecule has 0 bridgehead atoms. The molecule has 94 valence electrons. The summed E-state index contributed by atoms with van der Waals surface area (Å²) < 4.78 is 22.1. The number of benzene rings is 1. The van der Waals surface area contributed by atoms with Gasteiger partial charge in [0.15, 0.2) is 0 Å². The van der Waals surface area contributed by atoms with Gasteiger partial charge in [0.25, 0.3) is 0 Å². The van der Waals surface area contributed by atoms with Gasteiger partial charge >= 0.3 is 0 Å². The van der Waals surface area contributed by atoms with E-state index in [0.29, 0.717) is 12.3 Å². The van der Waals surface area contributed by atoms with Crippen molar-refractivity contribution in [1.82, 2.24) is 5.32 Å². The fraction of sp³-hybridized carbons (Fsp3) is 0.538. The van der Waals surface area contributed by atoms with Gasteiger partial charge in [0.05, 0.1) is 5.75 Å². The van der Waals surface area contributed by atoms with Crippen molar-refractivity contribution < 1.29 is 8.42 Å². The summed E-state index contributed by atoms with van der Waals surface area (Å²) in [6.07, 6.45) is 3.09. The first kappa shape index (κ1) is 12.6. The largest absolute Gasteiger partial charge is 0.316 e. The van der Waals surface area contributed by atoms with Gasteiger partial charge in [0, 0.05) is 12.8 Å². The molecular weight excluding hydrogens is 234 g/mol. The normalized spacial score (nSPS) is 20.6. The number of hydrogen-bond acceptors (Lipinski definition) is 3. The van der Waals surface area contributed by atoms with Gasteiger partial charge in [-0.3, -0.25) is 0 Å². The highest BCUT2D eigenvalue weighted by molar-refractivity contribution is 7.90. The van der Waals surface area contributed by atoms with Crippen molar-refractivity contribution >= 4 is 9.84 Å². The van der Waals surface area contributed by atoms with Crippen molar-refractivity contribution in [3.63, 3.8) is 0 Å². The van der Waals surface area contributed by atoms with Gasteiger partial charge in [-0.25, -0.2) is 8.42 Å². The van der Waals surface area contributed by atoms with Crippen molar-refractivity contribution in [2.45, 2.75) is 18.8 Å². The summed E-state index contributed by atoms with van der Waals surface area (Å²) in [6.45, 7) is 2.16. The molecule has 1 aliphatic rings. The van der Waals surface area contributed by atoms with E-state index in [-0.39, 0.29) is 5.75 Å². The van der Waals surface area contributed by atoms with Gasteiger partial charge in [-0.1, -0.05) is 24.3 Å². The molecule has 3 nitrogen and oxygen atoms in total. The molecule has 0 amide bonds. The second kappa shape index (κ2) is 5.19. The highest BCUT2D eigenvalue weighted by Gasteiger charge is 2.16. The van der Waals surface area contributed by atoms with E-state index in [9.17, 15) is 8.42 Å². The van der Waals surface area contributed by atoms with Crippen LogP contribution in [0.3, 0.4) is 0 Å². The lowest BCUT2D eigenvalue weighted by atomic mass is 9.97. The van der Waals surface area contributed by atoms with Crippen LogP contribution in [0.25, 0.3) is 0 Å². The van der Waals surface area contributed by atoms with E-state index >= 15 is 0 Å². The van der Waals surface area contributed by atoms with Gasteiger partial charge in [-0.2, -0.15) is 0 Å². The molecule has 1 heterocycles. The predicted molar refractivity (Wildman–Crippen MR) is 70.1 cm³/mol. The van der Waals surface area contributed by atoms with E-state index in [4.69, 9.17) is 0 Å². The van der Waals surface area contributed by atoms with Crippen LogP contribution in [0.2, 0.25) is 0 Å². The zero-order chi connectivity index (χ0) is 12.3. The van der Waals surface area contributed by atoms with Gasteiger partial charge in [-0.05, 0) is 36.4 Å². The van der Waals surface area contributed by atoms with Crippen LogP contribution in [0.5, 0.6) is 0 Å². The second-order valence-electron chi connectivity index (χ2n) is 4.81. The van der Waals surface area contributed by atoms with Gasteiger partial charge in [0.2, 0.25) is 0 Å². The molecular formula is C13H19NO2S. The zero-order valence-electron chi connectivity index (χ0n) is 10.1. The van der Waals surface area contributed by atoms with Crippen LogP contribution in [0, 0.1) is 0 Å². The van der Waals surface area contributed by atoms with Crippen LogP contribution in [0.15, 0.2) is 24.3 Å². The lowest BCUT2D eigenvalue weighted by Gasteiger charge is -2.09. The summed E-state index contributed by atoms with van der Waals surface area (Å²) in [7, 11) is -2.86. The zero-order valence-corrected chi connectivity index (χ0v) is 11.0. The van der Waals surface area contributed by atoms with Crippen LogP contribution in [-0.4, -0.2) is 33.5 Å². The fourth-order valence-corrected chi connectivity index (χ4v) is 2.81. The molecule has 0 spiro atoms. The Morgan fingerprint density at radius 2 is 2.00 bits per heavy atom. The van der Waals surface area contributed by atoms with Crippen molar-refractivity contribution in [3.8, 4) is 0 Å². The molecule has 4 heteroatoms. The topological polar surface area (TPSA) is 46.2 Å². The molecule has 0 saturated carbocycles. The molecule has 1 aromatic carbocycles. The maximum atomic E-state index is 11.1. The third-order valence-electron chi connectivity index (χ3n) is 3.27. The molecule has 0 aliphatic carbocycles. The standard InChI is InChI=1S/C13H19NO2S/c1-17(15,16)9-7-11-2-4-12(5-3-11)13-6-8-14-10-13/h2-5,13-14H,6-10H2,1H3. The minimum absolute atomic E-state index is 0.233. The van der Waals surface area contributed by atoms with E-state index in [1.54, 1.807) is 0 Å². The van der Waals surface area contributed by atoms with E-state index in [2.05, 4.69) is 29.6 Å². The quantitative estimate of drug-likeness (QED) is 0.881. The van der Waals surface area contributed by atoms with Crippen LogP contribution in [-0.2, 0) is 16.3 Å². The van der Waals surface area contributed by atoms with Gasteiger partial charge in [-0.15, -0.1) is 0 Å². The first-order valence-electron chi connectivity index (χ1n) is 6.02. The Morgan fingerprint density at radius 3 is 2.53 bits per heavy atom. The number of hydrogen-bond donors (Lipinski definition) is 1. The van der Waals surface area contributed by atoms with Crippen LogP contribution < -0.4 is 5.32 Å². The van der Waals surface area contributed by atoms with E-state index in [1.807, 2.05) is 0 Å². The summed E-state index contributed by atoms with van der Waals surface area (Å²) in [5.74, 6) is 0.857. The summed E-state index contributed by atoms with van der Waals surface area (Å²) in [4.78, 5) is 0. The minimum atomic E-state index is -2.86. The van der Waals surface area contributed by atoms with Crippen LogP contribution in [0.4, 0.5) is 0 Å². The van der Waals surface area contributed by atoms with Gasteiger partial charge < -0.3 is 5.32 Å². The monoisotopic (exact) mass is 253 g/mol. The van der Waals surface area contributed by atoms with Crippen LogP contribution in [0.1, 0.15) is 23.5 Å². The minimum Gasteiger partial charge on any atom is -0.316 e. The van der Waals surface area contributed by atoms with Crippen molar-refractivity contribution in [3.05, 3.63) is 35.4 Å². The Labute approximate surface area is 103 Å². The Bertz CT molecular complexity index is 459. The van der Waals surface area contributed by atoms with Crippen molar-refractivity contribution in [2.24, 2.45) is 0 Å². The molecule has 1 saturated heterocycles. The SMILES string of the molecule is CS(=O)(=O)CCc1ccc(C2CCNC2)cc1. The summed E-state index contributed by atoms with van der Waals surface area (Å²) in [5, 5.41) is 3.35. The number of nitrogens with one attached hydrogen (secondary N) is 1. The molecule has 17 heavy (non-hydrogen) atoms. The Balaban J connectivity index is 1.97. The number of aryl methyl sites for hydroxylation is 1. The smallest absolute Gasteiger partial charge is 0.147 e. The predicted octanol–water partition coefficient (Wildman–Crippen LogP) is 1.35. The average molecular weight is 253 g/mol. The summed E-state index contributed by atoms with van der Waals surface area (Å²) in [5.41, 5.74) is 2.46. The van der Waals surface area contributed by atoms with E-state index < -0.39 is 9.84 Å². The van der Waals surface area contributed by atoms with Crippen molar-refractivity contribution in [2.75, 3.05) is 25.1 Å². The van der Waals surface area contributed by atoms with Crippen LogP contribution >= 0.6 is 0 Å². The molecule has 2 rings (SSSR count). The summed E-state index contributed by atoms with van der Waals surface area (Å²) >= 11 is 0. The highest BCUT2D eigenvalue weighted by Crippen LogP contribution is 2.22. The number of rotatable bonds is 4. The third kappa shape index (κ3) is 3.82. The van der Waals surface area contributed by atoms with Crippen molar-refractivity contribution in [1.29, 1.82) is 0 Å².